The smallest absolute Gasteiger partial charge is 0.110 e. The Balaban J connectivity index is 1.80. The Labute approximate surface area is 132 Å². The highest BCUT2D eigenvalue weighted by atomic mass is 32.1. The number of thiophene rings is 2. The van der Waals surface area contributed by atoms with Gasteiger partial charge in [-0.2, -0.15) is 0 Å². The maximum Gasteiger partial charge on any atom is 0.110 e. The van der Waals surface area contributed by atoms with E-state index in [1.54, 1.807) is 22.7 Å². The van der Waals surface area contributed by atoms with Crippen LogP contribution in [0.25, 0.3) is 21.1 Å². The number of hydrogen-bond acceptors (Lipinski definition) is 3. The largest absolute Gasteiger partial charge is 0.341 e. The summed E-state index contributed by atoms with van der Waals surface area (Å²) >= 11 is 3.52. The summed E-state index contributed by atoms with van der Waals surface area (Å²) in [6.45, 7) is 0. The Morgan fingerprint density at radius 3 is 2.52 bits per heavy atom. The van der Waals surface area contributed by atoms with Crippen molar-refractivity contribution in [2.75, 3.05) is 0 Å². The van der Waals surface area contributed by atoms with Gasteiger partial charge in [0.05, 0.1) is 15.4 Å². The zero-order valence-electron chi connectivity index (χ0n) is 11.6. The maximum atomic E-state index is 4.96. The molecule has 0 aromatic carbocycles. The number of nitrogens with zero attached hydrogens (tertiary/aromatic N) is 1. The second kappa shape index (κ2) is 5.62. The molecule has 1 aliphatic carbocycles. The SMILES string of the molecule is C1=CC[C@H](c2nc(-c3cccs3)c(-c3cccs3)[nH]2)CC1. The van der Waals surface area contributed by atoms with Crippen LogP contribution in [-0.4, -0.2) is 9.97 Å². The number of hydrogen-bond donors (Lipinski definition) is 1. The highest BCUT2D eigenvalue weighted by Crippen LogP contribution is 2.38. The summed E-state index contributed by atoms with van der Waals surface area (Å²) in [6.07, 6.45) is 8.01. The van der Waals surface area contributed by atoms with Gasteiger partial charge in [0.25, 0.3) is 0 Å². The molecule has 1 N–H and O–H groups in total. The van der Waals surface area contributed by atoms with Crippen molar-refractivity contribution in [2.45, 2.75) is 25.2 Å². The van der Waals surface area contributed by atoms with Gasteiger partial charge in [-0.15, -0.1) is 22.7 Å². The van der Waals surface area contributed by atoms with E-state index in [1.165, 1.54) is 21.9 Å². The van der Waals surface area contributed by atoms with Crippen LogP contribution in [0.1, 0.15) is 31.0 Å². The lowest BCUT2D eigenvalue weighted by Crippen LogP contribution is -2.02. The second-order valence-corrected chi connectivity index (χ2v) is 7.18. The predicted molar refractivity (Wildman–Crippen MR) is 90.9 cm³/mol. The number of allylic oxidation sites excluding steroid dienone is 2. The molecule has 4 heteroatoms. The van der Waals surface area contributed by atoms with Crippen LogP contribution in [0.5, 0.6) is 0 Å². The Kier molecular flexibility index (Phi) is 3.49. The summed E-state index contributed by atoms with van der Waals surface area (Å²) in [4.78, 5) is 11.1. The summed E-state index contributed by atoms with van der Waals surface area (Å²) in [5.41, 5.74) is 2.29. The molecule has 1 aliphatic rings. The van der Waals surface area contributed by atoms with Gasteiger partial charge in [-0.1, -0.05) is 24.3 Å². The highest BCUT2D eigenvalue weighted by Gasteiger charge is 2.21. The van der Waals surface area contributed by atoms with Gasteiger partial charge < -0.3 is 4.98 Å². The number of imidazole rings is 1. The van der Waals surface area contributed by atoms with E-state index in [0.29, 0.717) is 5.92 Å². The molecule has 0 saturated heterocycles. The van der Waals surface area contributed by atoms with Gasteiger partial charge in [-0.25, -0.2) is 4.98 Å². The van der Waals surface area contributed by atoms with E-state index in [9.17, 15) is 0 Å². The van der Waals surface area contributed by atoms with Crippen LogP contribution in [-0.2, 0) is 0 Å². The molecule has 2 nitrogen and oxygen atoms in total. The zero-order valence-corrected chi connectivity index (χ0v) is 13.2. The molecule has 4 rings (SSSR count). The molecule has 3 aromatic heterocycles. The van der Waals surface area contributed by atoms with Crippen molar-refractivity contribution in [1.82, 2.24) is 9.97 Å². The summed E-state index contributed by atoms with van der Waals surface area (Å²) in [5.74, 6) is 1.67. The van der Waals surface area contributed by atoms with E-state index in [2.05, 4.69) is 52.2 Å². The first-order valence-electron chi connectivity index (χ1n) is 7.24. The lowest BCUT2D eigenvalue weighted by atomic mass is 9.94. The van der Waals surface area contributed by atoms with E-state index < -0.39 is 0 Å². The van der Waals surface area contributed by atoms with Crippen LogP contribution in [0, 0.1) is 0 Å². The maximum absolute atomic E-state index is 4.96. The minimum atomic E-state index is 0.530. The van der Waals surface area contributed by atoms with E-state index in [1.807, 2.05) is 0 Å². The Hall–Kier alpha value is -1.65. The lowest BCUT2D eigenvalue weighted by molar-refractivity contribution is 0.589. The van der Waals surface area contributed by atoms with Gasteiger partial charge in [0.1, 0.15) is 11.5 Å². The number of aromatic amines is 1. The van der Waals surface area contributed by atoms with Crippen LogP contribution in [0.15, 0.2) is 47.2 Å². The molecule has 1 atom stereocenters. The van der Waals surface area contributed by atoms with Gasteiger partial charge in [0, 0.05) is 5.92 Å². The number of H-pyrrole nitrogens is 1. The van der Waals surface area contributed by atoms with Crippen molar-refractivity contribution >= 4 is 22.7 Å². The predicted octanol–water partition coefficient (Wildman–Crippen LogP) is 5.69. The Morgan fingerprint density at radius 2 is 1.86 bits per heavy atom. The molecular weight excluding hydrogens is 296 g/mol. The van der Waals surface area contributed by atoms with E-state index in [0.717, 1.165) is 24.4 Å². The van der Waals surface area contributed by atoms with Gasteiger partial charge >= 0.3 is 0 Å². The first-order chi connectivity index (χ1) is 10.4. The average Bonchev–Trinajstić information content (AvgIpc) is 3.27. The molecule has 0 fully saturated rings. The molecule has 21 heavy (non-hydrogen) atoms. The van der Waals surface area contributed by atoms with E-state index >= 15 is 0 Å². The molecule has 3 heterocycles. The van der Waals surface area contributed by atoms with Crippen molar-refractivity contribution in [3.05, 3.63) is 53.0 Å². The van der Waals surface area contributed by atoms with E-state index in [-0.39, 0.29) is 0 Å². The van der Waals surface area contributed by atoms with Crippen LogP contribution in [0.4, 0.5) is 0 Å². The second-order valence-electron chi connectivity index (χ2n) is 5.28. The van der Waals surface area contributed by atoms with Crippen LogP contribution >= 0.6 is 22.7 Å². The molecular formula is C17H16N2S2. The standard InChI is InChI=1S/C17H16N2S2/c1-2-6-12(7-3-1)17-18-15(13-8-4-10-20-13)16(19-17)14-9-5-11-21-14/h1-2,4-5,8-12H,3,6-7H2,(H,18,19)/t12-/m0/s1. The normalized spacial score (nSPS) is 18.2. The van der Waals surface area contributed by atoms with Crippen molar-refractivity contribution in [3.63, 3.8) is 0 Å². The van der Waals surface area contributed by atoms with Crippen molar-refractivity contribution in [1.29, 1.82) is 0 Å². The molecule has 0 spiro atoms. The molecule has 0 saturated carbocycles. The van der Waals surface area contributed by atoms with Crippen molar-refractivity contribution in [2.24, 2.45) is 0 Å². The van der Waals surface area contributed by atoms with Crippen molar-refractivity contribution < 1.29 is 0 Å². The fourth-order valence-corrected chi connectivity index (χ4v) is 4.26. The minimum Gasteiger partial charge on any atom is -0.341 e. The average molecular weight is 312 g/mol. The topological polar surface area (TPSA) is 28.7 Å². The summed E-state index contributed by atoms with van der Waals surface area (Å²) in [7, 11) is 0. The van der Waals surface area contributed by atoms with Crippen molar-refractivity contribution in [3.8, 4) is 21.1 Å². The highest BCUT2D eigenvalue weighted by molar-refractivity contribution is 7.14. The third kappa shape index (κ3) is 2.49. The first kappa shape index (κ1) is 13.0. The van der Waals surface area contributed by atoms with E-state index in [4.69, 9.17) is 4.98 Å². The van der Waals surface area contributed by atoms with Gasteiger partial charge in [-0.05, 0) is 42.2 Å². The molecule has 106 valence electrons. The Bertz CT molecular complexity index is 684. The fraction of sp³-hybridized carbons (Fsp3) is 0.235. The van der Waals surface area contributed by atoms with Crippen LogP contribution < -0.4 is 0 Å². The monoisotopic (exact) mass is 312 g/mol. The number of rotatable bonds is 3. The fourth-order valence-electron chi connectivity index (χ4n) is 2.82. The minimum absolute atomic E-state index is 0.530. The number of aromatic nitrogens is 2. The van der Waals surface area contributed by atoms with Gasteiger partial charge in [0.15, 0.2) is 0 Å². The van der Waals surface area contributed by atoms with Crippen LogP contribution in [0.2, 0.25) is 0 Å². The number of nitrogens with one attached hydrogen (secondary N) is 1. The zero-order chi connectivity index (χ0) is 14.1. The molecule has 0 radical (unpaired) electrons. The molecule has 0 amide bonds. The molecule has 0 bridgehead atoms. The molecule has 0 unspecified atom stereocenters. The molecule has 3 aromatic rings. The van der Waals surface area contributed by atoms with Gasteiger partial charge in [-0.3, -0.25) is 0 Å². The third-order valence-corrected chi connectivity index (χ3v) is 5.66. The molecule has 0 aliphatic heterocycles. The quantitative estimate of drug-likeness (QED) is 0.618. The summed E-state index contributed by atoms with van der Waals surface area (Å²) in [6, 6.07) is 8.51. The van der Waals surface area contributed by atoms with Gasteiger partial charge in [0.2, 0.25) is 0 Å². The first-order valence-corrected chi connectivity index (χ1v) is 9.00. The summed E-state index contributed by atoms with van der Waals surface area (Å²) in [5, 5.41) is 4.24. The lowest BCUT2D eigenvalue weighted by Gasteiger charge is -2.14. The van der Waals surface area contributed by atoms with Crippen LogP contribution in [0.3, 0.4) is 0 Å². The Morgan fingerprint density at radius 1 is 1.05 bits per heavy atom. The third-order valence-electron chi connectivity index (χ3n) is 3.90. The summed E-state index contributed by atoms with van der Waals surface area (Å²) < 4.78 is 0.